The molecule has 192 valence electrons. The first kappa shape index (κ1) is 24.3. The van der Waals surface area contributed by atoms with Crippen molar-refractivity contribution in [3.05, 3.63) is 42.4 Å². The van der Waals surface area contributed by atoms with E-state index >= 15 is 0 Å². The largest absolute Gasteiger partial charge is 0.508 e. The molecule has 0 radical (unpaired) electrons. The summed E-state index contributed by atoms with van der Waals surface area (Å²) in [5.41, 5.74) is 2.89. The molecule has 36 heavy (non-hydrogen) atoms. The second-order valence-electron chi connectivity index (χ2n) is 10.3. The minimum atomic E-state index is -0.492. The van der Waals surface area contributed by atoms with Crippen molar-refractivity contribution in [2.24, 2.45) is 0 Å². The number of morpholine rings is 1. The van der Waals surface area contributed by atoms with Gasteiger partial charge in [0.1, 0.15) is 11.4 Å². The Kier molecular flexibility index (Phi) is 6.72. The van der Waals surface area contributed by atoms with Crippen LogP contribution in [-0.4, -0.2) is 93.5 Å². The summed E-state index contributed by atoms with van der Waals surface area (Å²) in [7, 11) is 0. The van der Waals surface area contributed by atoms with Gasteiger partial charge in [0.2, 0.25) is 0 Å². The zero-order chi connectivity index (χ0) is 25.3. The number of piperazine rings is 1. The van der Waals surface area contributed by atoms with Crippen LogP contribution in [0.15, 0.2) is 36.7 Å². The highest BCUT2D eigenvalue weighted by Crippen LogP contribution is 2.28. The Hall–Kier alpha value is -3.37. The van der Waals surface area contributed by atoms with Crippen LogP contribution in [0, 0.1) is 0 Å². The number of aromatic hydroxyl groups is 1. The average molecular weight is 495 g/mol. The van der Waals surface area contributed by atoms with Gasteiger partial charge in [-0.15, -0.1) is 0 Å². The van der Waals surface area contributed by atoms with Crippen LogP contribution in [0.4, 0.5) is 10.6 Å². The normalized spacial score (nSPS) is 17.5. The first-order valence-corrected chi connectivity index (χ1v) is 12.5. The van der Waals surface area contributed by atoms with Crippen LogP contribution in [0.5, 0.6) is 5.75 Å². The number of hydrogen-bond acceptors (Lipinski definition) is 8. The highest BCUT2D eigenvalue weighted by Gasteiger charge is 2.26. The lowest BCUT2D eigenvalue weighted by Gasteiger charge is -2.35. The van der Waals surface area contributed by atoms with Crippen molar-refractivity contribution in [3.8, 4) is 17.0 Å². The third-order valence-electron chi connectivity index (χ3n) is 6.33. The first-order chi connectivity index (χ1) is 17.2. The summed E-state index contributed by atoms with van der Waals surface area (Å²) in [6.07, 6.45) is 3.76. The number of amides is 1. The summed E-state index contributed by atoms with van der Waals surface area (Å²) < 4.78 is 13.1. The maximum atomic E-state index is 12.4. The van der Waals surface area contributed by atoms with Gasteiger partial charge in [0.15, 0.2) is 11.5 Å². The van der Waals surface area contributed by atoms with Gasteiger partial charge in [0.25, 0.3) is 0 Å². The zero-order valence-electron chi connectivity index (χ0n) is 21.2. The molecule has 2 saturated heterocycles. The molecule has 0 unspecified atom stereocenters. The number of rotatable bonds is 4. The van der Waals surface area contributed by atoms with Crippen LogP contribution in [0.25, 0.3) is 16.9 Å². The van der Waals surface area contributed by atoms with Crippen molar-refractivity contribution in [1.29, 1.82) is 0 Å². The van der Waals surface area contributed by atoms with Gasteiger partial charge >= 0.3 is 6.09 Å². The molecule has 5 rings (SSSR count). The number of imidazole rings is 1. The van der Waals surface area contributed by atoms with Crippen LogP contribution in [0.2, 0.25) is 0 Å². The Morgan fingerprint density at radius 3 is 2.50 bits per heavy atom. The van der Waals surface area contributed by atoms with Crippen LogP contribution >= 0.6 is 0 Å². The Bertz CT molecular complexity index is 1220. The maximum absolute atomic E-state index is 12.4. The second kappa shape index (κ2) is 9.94. The minimum Gasteiger partial charge on any atom is -0.508 e. The molecule has 0 aliphatic carbocycles. The average Bonchev–Trinajstić information content (AvgIpc) is 3.25. The Morgan fingerprint density at radius 1 is 1.06 bits per heavy atom. The molecular formula is C26H34N6O4. The van der Waals surface area contributed by atoms with E-state index < -0.39 is 5.60 Å². The third kappa shape index (κ3) is 5.55. The number of phenols is 1. The lowest BCUT2D eigenvalue weighted by molar-refractivity contribution is 0.0138. The second-order valence-corrected chi connectivity index (χ2v) is 10.3. The van der Waals surface area contributed by atoms with E-state index in [4.69, 9.17) is 19.4 Å². The molecule has 0 saturated carbocycles. The molecule has 0 spiro atoms. The Labute approximate surface area is 211 Å². The molecule has 2 aromatic heterocycles. The Balaban J connectivity index is 1.36. The smallest absolute Gasteiger partial charge is 0.410 e. The topological polar surface area (TPSA) is 95.7 Å². The number of nitrogens with zero attached hydrogens (tertiary/aromatic N) is 6. The quantitative estimate of drug-likeness (QED) is 0.592. The SMILES string of the molecule is CC(C)(C)OC(=O)N1CCN(Cc2cn3cc(-c4cccc(O)c4)nc(N4CCOCC4)c3n2)CC1. The monoisotopic (exact) mass is 494 g/mol. The van der Waals surface area contributed by atoms with Gasteiger partial charge in [0, 0.05) is 63.8 Å². The van der Waals surface area contributed by atoms with E-state index in [1.54, 1.807) is 17.0 Å². The fourth-order valence-electron chi connectivity index (χ4n) is 4.54. The predicted molar refractivity (Wildman–Crippen MR) is 136 cm³/mol. The number of benzene rings is 1. The number of carbonyl (C=O) groups is 1. The highest BCUT2D eigenvalue weighted by molar-refractivity contribution is 5.71. The molecule has 10 heteroatoms. The lowest BCUT2D eigenvalue weighted by Crippen LogP contribution is -2.49. The first-order valence-electron chi connectivity index (χ1n) is 12.5. The molecule has 3 aromatic rings. The molecule has 10 nitrogen and oxygen atoms in total. The number of aromatic nitrogens is 3. The van der Waals surface area contributed by atoms with Gasteiger partial charge in [-0.2, -0.15) is 0 Å². The summed E-state index contributed by atoms with van der Waals surface area (Å²) in [5.74, 6) is 1.03. The van der Waals surface area contributed by atoms with Gasteiger partial charge in [-0.1, -0.05) is 12.1 Å². The molecule has 2 fully saturated rings. The van der Waals surface area contributed by atoms with E-state index in [2.05, 4.69) is 9.80 Å². The van der Waals surface area contributed by atoms with Crippen molar-refractivity contribution < 1.29 is 19.4 Å². The summed E-state index contributed by atoms with van der Waals surface area (Å²) in [4.78, 5) is 28.6. The van der Waals surface area contributed by atoms with Crippen molar-refractivity contribution in [2.45, 2.75) is 32.9 Å². The minimum absolute atomic E-state index is 0.208. The van der Waals surface area contributed by atoms with E-state index in [1.807, 2.05) is 49.7 Å². The van der Waals surface area contributed by atoms with Crippen molar-refractivity contribution in [1.82, 2.24) is 24.2 Å². The summed E-state index contributed by atoms with van der Waals surface area (Å²) in [5, 5.41) is 9.99. The van der Waals surface area contributed by atoms with Gasteiger partial charge in [-0.3, -0.25) is 4.90 Å². The van der Waals surface area contributed by atoms with E-state index in [9.17, 15) is 9.90 Å². The van der Waals surface area contributed by atoms with E-state index in [-0.39, 0.29) is 11.8 Å². The van der Waals surface area contributed by atoms with E-state index in [0.29, 0.717) is 32.8 Å². The van der Waals surface area contributed by atoms with E-state index in [1.165, 1.54) is 0 Å². The van der Waals surface area contributed by atoms with Crippen molar-refractivity contribution in [2.75, 3.05) is 57.4 Å². The molecular weight excluding hydrogens is 460 g/mol. The number of phenolic OH excluding ortho intramolecular Hbond substituents is 1. The van der Waals surface area contributed by atoms with Gasteiger partial charge in [-0.25, -0.2) is 14.8 Å². The number of anilines is 1. The van der Waals surface area contributed by atoms with Crippen molar-refractivity contribution >= 4 is 17.6 Å². The standard InChI is InChI=1S/C26H34N6O4/c1-26(2,3)36-25(34)31-9-7-29(8-10-31)16-20-17-32-18-22(19-5-4-6-21(33)15-19)28-24(23(32)27-20)30-11-13-35-14-12-30/h4-6,15,17-18,33H,7-14,16H2,1-3H3. The molecule has 0 bridgehead atoms. The Morgan fingerprint density at radius 2 is 1.81 bits per heavy atom. The van der Waals surface area contributed by atoms with E-state index in [0.717, 1.165) is 54.6 Å². The number of fused-ring (bicyclic) bond motifs is 1. The van der Waals surface area contributed by atoms with Gasteiger partial charge in [-0.05, 0) is 32.9 Å². The molecule has 2 aliphatic heterocycles. The molecule has 2 aliphatic rings. The van der Waals surface area contributed by atoms with Gasteiger partial charge in [0.05, 0.1) is 24.6 Å². The molecule has 1 aromatic carbocycles. The summed E-state index contributed by atoms with van der Waals surface area (Å²) >= 11 is 0. The molecule has 0 atom stereocenters. The zero-order valence-corrected chi connectivity index (χ0v) is 21.2. The number of ether oxygens (including phenoxy) is 2. The van der Waals surface area contributed by atoms with Crippen LogP contribution in [-0.2, 0) is 16.0 Å². The predicted octanol–water partition coefficient (Wildman–Crippen LogP) is 2.99. The molecule has 4 heterocycles. The summed E-state index contributed by atoms with van der Waals surface area (Å²) in [6.45, 7) is 11.9. The van der Waals surface area contributed by atoms with Crippen LogP contribution in [0.3, 0.4) is 0 Å². The molecule has 1 N–H and O–H groups in total. The highest BCUT2D eigenvalue weighted by atomic mass is 16.6. The maximum Gasteiger partial charge on any atom is 0.410 e. The summed E-state index contributed by atoms with van der Waals surface area (Å²) in [6, 6.07) is 7.14. The van der Waals surface area contributed by atoms with Crippen LogP contribution in [0.1, 0.15) is 26.5 Å². The third-order valence-corrected chi connectivity index (χ3v) is 6.33. The van der Waals surface area contributed by atoms with Crippen molar-refractivity contribution in [3.63, 3.8) is 0 Å². The fraction of sp³-hybridized carbons (Fsp3) is 0.500. The lowest BCUT2D eigenvalue weighted by atomic mass is 10.1. The van der Waals surface area contributed by atoms with Crippen LogP contribution < -0.4 is 4.90 Å². The van der Waals surface area contributed by atoms with Gasteiger partial charge < -0.3 is 28.8 Å². The number of hydrogen-bond donors (Lipinski definition) is 1. The molecule has 1 amide bonds. The fourth-order valence-corrected chi connectivity index (χ4v) is 4.54. The number of carbonyl (C=O) groups excluding carboxylic acids is 1.